The molecule has 0 amide bonds. The van der Waals surface area contributed by atoms with Gasteiger partial charge < -0.3 is 16.2 Å². The number of anilines is 2. The number of hydrogen-bond acceptors (Lipinski definition) is 6. The van der Waals surface area contributed by atoms with Gasteiger partial charge in [-0.25, -0.2) is 4.98 Å². The molecule has 0 saturated carbocycles. The molecule has 1 fully saturated rings. The van der Waals surface area contributed by atoms with Gasteiger partial charge in [0, 0.05) is 10.1 Å². The molecule has 1 aliphatic rings. The summed E-state index contributed by atoms with van der Waals surface area (Å²) < 4.78 is 7.47. The monoisotopic (exact) mass is 489 g/mol. The lowest BCUT2D eigenvalue weighted by Gasteiger charge is -2.32. The number of rotatable bonds is 5. The van der Waals surface area contributed by atoms with Gasteiger partial charge in [0.15, 0.2) is 0 Å². The van der Waals surface area contributed by atoms with Crippen molar-refractivity contribution >= 4 is 45.3 Å². The maximum atomic E-state index is 6.13. The Morgan fingerprint density at radius 3 is 2.61 bits per heavy atom. The Hall–Kier alpha value is -2.13. The molecule has 0 bridgehead atoms. The molecule has 0 spiro atoms. The van der Waals surface area contributed by atoms with Crippen LogP contribution in [0.1, 0.15) is 18.4 Å². The Bertz CT molecular complexity index is 972. The van der Waals surface area contributed by atoms with Crippen molar-refractivity contribution in [2.75, 3.05) is 31.2 Å². The van der Waals surface area contributed by atoms with Crippen LogP contribution < -0.4 is 16.2 Å². The summed E-state index contributed by atoms with van der Waals surface area (Å²) >= 11 is 2.42. The van der Waals surface area contributed by atoms with Crippen molar-refractivity contribution in [3.05, 3.63) is 51.6 Å². The fourth-order valence-corrected chi connectivity index (χ4v) is 4.26. The lowest BCUT2D eigenvalue weighted by atomic mass is 9.97. The van der Waals surface area contributed by atoms with Gasteiger partial charge in [-0.15, -0.1) is 0 Å². The zero-order valence-electron chi connectivity index (χ0n) is 15.6. The number of benzene rings is 2. The molecular formula is C21H24IN5O. The van der Waals surface area contributed by atoms with Crippen molar-refractivity contribution in [1.82, 2.24) is 14.9 Å². The quantitative estimate of drug-likeness (QED) is 0.532. The van der Waals surface area contributed by atoms with Crippen LogP contribution in [-0.2, 0) is 6.54 Å². The number of nitrogen functional groups attached to an aromatic ring is 2. The zero-order chi connectivity index (χ0) is 19.5. The van der Waals surface area contributed by atoms with Crippen molar-refractivity contribution in [3.8, 4) is 5.75 Å². The van der Waals surface area contributed by atoms with Crippen LogP contribution in [0.5, 0.6) is 5.75 Å². The smallest absolute Gasteiger partial charge is 0.222 e. The number of halogens is 1. The van der Waals surface area contributed by atoms with Crippen LogP contribution in [0.2, 0.25) is 0 Å². The Balaban J connectivity index is 1.35. The molecule has 0 radical (unpaired) electrons. The molecule has 1 aliphatic heterocycles. The van der Waals surface area contributed by atoms with E-state index < -0.39 is 0 Å². The van der Waals surface area contributed by atoms with E-state index in [1.165, 1.54) is 9.13 Å². The molecule has 4 rings (SSSR count). The minimum absolute atomic E-state index is 0.183. The number of likely N-dealkylation sites (tertiary alicyclic amines) is 1. The average molecular weight is 489 g/mol. The van der Waals surface area contributed by atoms with E-state index in [2.05, 4.69) is 61.7 Å². The third-order valence-electron chi connectivity index (χ3n) is 5.26. The van der Waals surface area contributed by atoms with Gasteiger partial charge >= 0.3 is 0 Å². The summed E-state index contributed by atoms with van der Waals surface area (Å²) in [5, 5.41) is 0.743. The van der Waals surface area contributed by atoms with Crippen molar-refractivity contribution in [2.45, 2.75) is 19.4 Å². The van der Waals surface area contributed by atoms with Crippen LogP contribution in [-0.4, -0.2) is 34.6 Å². The third-order valence-corrected chi connectivity index (χ3v) is 6.32. The second kappa shape index (κ2) is 8.48. The van der Waals surface area contributed by atoms with Crippen LogP contribution in [0.25, 0.3) is 10.9 Å². The molecule has 4 N–H and O–H groups in total. The third kappa shape index (κ3) is 4.30. The summed E-state index contributed by atoms with van der Waals surface area (Å²) in [6, 6.07) is 14.3. The highest BCUT2D eigenvalue weighted by Crippen LogP contribution is 2.30. The number of ether oxygens (including phenoxy) is 1. The minimum Gasteiger partial charge on any atom is -0.492 e. The van der Waals surface area contributed by atoms with Crippen molar-refractivity contribution in [1.29, 1.82) is 0 Å². The fraction of sp³-hybridized carbons (Fsp3) is 0.333. The molecule has 1 aromatic heterocycles. The van der Waals surface area contributed by atoms with E-state index in [0.29, 0.717) is 18.3 Å². The van der Waals surface area contributed by atoms with E-state index in [-0.39, 0.29) is 5.95 Å². The number of hydrogen-bond donors (Lipinski definition) is 2. The van der Waals surface area contributed by atoms with Gasteiger partial charge in [0.05, 0.1) is 17.5 Å². The molecule has 0 unspecified atom stereocenters. The molecule has 0 atom stereocenters. The normalized spacial score (nSPS) is 15.8. The molecule has 28 heavy (non-hydrogen) atoms. The number of nitrogens with two attached hydrogens (primary N) is 2. The Kier molecular flexibility index (Phi) is 5.82. The Morgan fingerprint density at radius 1 is 1.04 bits per heavy atom. The van der Waals surface area contributed by atoms with Crippen LogP contribution in [0.15, 0.2) is 42.5 Å². The topological polar surface area (TPSA) is 90.3 Å². The van der Waals surface area contributed by atoms with Crippen LogP contribution in [0.3, 0.4) is 0 Å². The van der Waals surface area contributed by atoms with Gasteiger partial charge in [0.1, 0.15) is 11.6 Å². The number of nitrogens with zero attached hydrogens (tertiary/aromatic N) is 3. The first-order valence-electron chi connectivity index (χ1n) is 9.50. The molecule has 3 aromatic rings. The van der Waals surface area contributed by atoms with Crippen molar-refractivity contribution in [2.24, 2.45) is 5.92 Å². The lowest BCUT2D eigenvalue weighted by Crippen LogP contribution is -2.35. The first-order valence-corrected chi connectivity index (χ1v) is 10.6. The van der Waals surface area contributed by atoms with Crippen LogP contribution >= 0.6 is 22.6 Å². The highest BCUT2D eigenvalue weighted by atomic mass is 127. The standard InChI is InChI=1S/C21H24IN5O/c22-16-5-2-1-4-15(16)12-27-10-8-14(9-11-27)13-28-18-7-3-6-17-19(18)20(23)26-21(24)25-17/h1-7,14H,8-13H2,(H4,23,24,25,26). The van der Waals surface area contributed by atoms with Gasteiger partial charge in [0.2, 0.25) is 5.95 Å². The summed E-state index contributed by atoms with van der Waals surface area (Å²) in [5.41, 5.74) is 13.9. The molecule has 6 nitrogen and oxygen atoms in total. The summed E-state index contributed by atoms with van der Waals surface area (Å²) in [5.74, 6) is 1.82. The highest BCUT2D eigenvalue weighted by Gasteiger charge is 2.21. The first kappa shape index (κ1) is 19.2. The molecule has 7 heteroatoms. The van der Waals surface area contributed by atoms with E-state index in [9.17, 15) is 0 Å². The van der Waals surface area contributed by atoms with Gasteiger partial charge in [-0.3, -0.25) is 4.90 Å². The van der Waals surface area contributed by atoms with Crippen LogP contribution in [0, 0.1) is 9.49 Å². The maximum Gasteiger partial charge on any atom is 0.222 e. The number of piperidine rings is 1. The molecule has 1 saturated heterocycles. The molecule has 0 aliphatic carbocycles. The summed E-state index contributed by atoms with van der Waals surface area (Å²) in [6.45, 7) is 3.89. The molecule has 2 aromatic carbocycles. The Morgan fingerprint density at radius 2 is 1.82 bits per heavy atom. The summed E-state index contributed by atoms with van der Waals surface area (Å²) in [4.78, 5) is 10.8. The summed E-state index contributed by atoms with van der Waals surface area (Å²) in [7, 11) is 0. The van der Waals surface area contributed by atoms with Gasteiger partial charge in [-0.1, -0.05) is 24.3 Å². The average Bonchev–Trinajstić information content (AvgIpc) is 2.69. The predicted molar refractivity (Wildman–Crippen MR) is 121 cm³/mol. The Labute approximate surface area is 178 Å². The first-order chi connectivity index (χ1) is 13.6. The highest BCUT2D eigenvalue weighted by molar-refractivity contribution is 14.1. The van der Waals surface area contributed by atoms with Gasteiger partial charge in [-0.2, -0.15) is 4.98 Å². The van der Waals surface area contributed by atoms with Crippen molar-refractivity contribution < 1.29 is 4.74 Å². The molecule has 146 valence electrons. The van der Waals surface area contributed by atoms with E-state index >= 15 is 0 Å². The van der Waals surface area contributed by atoms with E-state index in [1.807, 2.05) is 18.2 Å². The predicted octanol–water partition coefficient (Wildman–Crippen LogP) is 3.69. The second-order valence-corrected chi connectivity index (χ2v) is 8.40. The largest absolute Gasteiger partial charge is 0.492 e. The second-order valence-electron chi connectivity index (χ2n) is 7.24. The minimum atomic E-state index is 0.183. The number of aromatic nitrogens is 2. The van der Waals surface area contributed by atoms with Crippen LogP contribution in [0.4, 0.5) is 11.8 Å². The SMILES string of the molecule is Nc1nc(N)c2c(OCC3CCN(Cc4ccccc4I)CC3)cccc2n1. The van der Waals surface area contributed by atoms with E-state index in [0.717, 1.165) is 49.1 Å². The zero-order valence-corrected chi connectivity index (χ0v) is 17.8. The lowest BCUT2D eigenvalue weighted by molar-refractivity contribution is 0.137. The fourth-order valence-electron chi connectivity index (χ4n) is 3.70. The molecule has 2 heterocycles. The van der Waals surface area contributed by atoms with Gasteiger partial charge in [0.25, 0.3) is 0 Å². The van der Waals surface area contributed by atoms with E-state index in [1.54, 1.807) is 0 Å². The van der Waals surface area contributed by atoms with Gasteiger partial charge in [-0.05, 0) is 78.2 Å². The van der Waals surface area contributed by atoms with Crippen molar-refractivity contribution in [3.63, 3.8) is 0 Å². The maximum absolute atomic E-state index is 6.13. The molecular weight excluding hydrogens is 465 g/mol. The number of fused-ring (bicyclic) bond motifs is 1. The summed E-state index contributed by atoms with van der Waals surface area (Å²) in [6.07, 6.45) is 2.26. The van der Waals surface area contributed by atoms with E-state index in [4.69, 9.17) is 16.2 Å².